The summed E-state index contributed by atoms with van der Waals surface area (Å²) in [6, 6.07) is 2.02. The fraction of sp³-hybridized carbons (Fsp3) is 0.714. The molecule has 0 bridgehead atoms. The third-order valence-corrected chi connectivity index (χ3v) is 0.939. The van der Waals surface area contributed by atoms with Gasteiger partial charge in [-0.1, -0.05) is 0 Å². The lowest BCUT2D eigenvalue weighted by atomic mass is 9.98. The van der Waals surface area contributed by atoms with E-state index in [1.54, 1.807) is 13.8 Å². The van der Waals surface area contributed by atoms with Crippen LogP contribution in [0.25, 0.3) is 0 Å². The predicted octanol–water partition coefficient (Wildman–Crippen LogP) is 1.10. The summed E-state index contributed by atoms with van der Waals surface area (Å²) in [6.07, 6.45) is 0. The maximum Gasteiger partial charge on any atom is 0.302 e. The van der Waals surface area contributed by atoms with Gasteiger partial charge in [0.15, 0.2) is 0 Å². The smallest absolute Gasteiger partial charge is 0.302 e. The van der Waals surface area contributed by atoms with Gasteiger partial charge >= 0.3 is 5.97 Å². The lowest BCUT2D eigenvalue weighted by molar-refractivity contribution is -0.142. The van der Waals surface area contributed by atoms with Crippen molar-refractivity contribution in [3.8, 4) is 6.07 Å². The van der Waals surface area contributed by atoms with Crippen molar-refractivity contribution in [1.29, 1.82) is 5.26 Å². The van der Waals surface area contributed by atoms with Crippen LogP contribution in [0.4, 0.5) is 0 Å². The Balaban J connectivity index is 3.71. The van der Waals surface area contributed by atoms with Crippen molar-refractivity contribution in [2.24, 2.45) is 5.41 Å². The highest BCUT2D eigenvalue weighted by atomic mass is 16.5. The third-order valence-electron chi connectivity index (χ3n) is 0.939. The molecule has 0 saturated carbocycles. The molecule has 0 fully saturated rings. The van der Waals surface area contributed by atoms with Gasteiger partial charge in [-0.15, -0.1) is 0 Å². The molecule has 0 aliphatic carbocycles. The van der Waals surface area contributed by atoms with Crippen molar-refractivity contribution in [2.45, 2.75) is 20.8 Å². The Morgan fingerprint density at radius 1 is 1.70 bits per heavy atom. The van der Waals surface area contributed by atoms with E-state index >= 15 is 0 Å². The van der Waals surface area contributed by atoms with E-state index in [2.05, 4.69) is 4.74 Å². The minimum Gasteiger partial charge on any atom is -0.464 e. The maximum atomic E-state index is 10.3. The Bertz CT molecular complexity index is 167. The zero-order chi connectivity index (χ0) is 8.20. The quantitative estimate of drug-likeness (QED) is 0.541. The van der Waals surface area contributed by atoms with E-state index in [1.165, 1.54) is 6.92 Å². The summed E-state index contributed by atoms with van der Waals surface area (Å²) in [7, 11) is 0. The van der Waals surface area contributed by atoms with E-state index in [1.807, 2.05) is 6.07 Å². The molecule has 56 valence electrons. The molecule has 0 heterocycles. The minimum atomic E-state index is -0.564. The van der Waals surface area contributed by atoms with Gasteiger partial charge in [0.25, 0.3) is 0 Å². The lowest BCUT2D eigenvalue weighted by Gasteiger charge is -2.13. The van der Waals surface area contributed by atoms with Gasteiger partial charge in [-0.25, -0.2) is 0 Å². The second kappa shape index (κ2) is 3.21. The van der Waals surface area contributed by atoms with Crippen molar-refractivity contribution < 1.29 is 9.53 Å². The van der Waals surface area contributed by atoms with E-state index < -0.39 is 5.41 Å². The molecule has 0 aliphatic rings. The normalized spacial score (nSPS) is 10.2. The summed E-state index contributed by atoms with van der Waals surface area (Å²) < 4.78 is 4.64. The molecule has 0 spiro atoms. The van der Waals surface area contributed by atoms with Crippen LogP contribution in [0.15, 0.2) is 0 Å². The van der Waals surface area contributed by atoms with Crippen LogP contribution in [0.3, 0.4) is 0 Å². The monoisotopic (exact) mass is 141 g/mol. The molecule has 0 N–H and O–H groups in total. The van der Waals surface area contributed by atoms with Crippen molar-refractivity contribution >= 4 is 5.97 Å². The van der Waals surface area contributed by atoms with Gasteiger partial charge in [-0.2, -0.15) is 5.26 Å². The zero-order valence-corrected chi connectivity index (χ0v) is 6.47. The highest BCUT2D eigenvalue weighted by Gasteiger charge is 2.17. The number of carbonyl (C=O) groups is 1. The standard InChI is InChI=1S/C7H11NO2/c1-6(9)10-5-7(2,3)4-8/h5H2,1-3H3. The van der Waals surface area contributed by atoms with Gasteiger partial charge in [0, 0.05) is 6.92 Å². The Kier molecular flexibility index (Phi) is 2.88. The van der Waals surface area contributed by atoms with Crippen LogP contribution >= 0.6 is 0 Å². The van der Waals surface area contributed by atoms with Gasteiger partial charge in [0.05, 0.1) is 11.5 Å². The van der Waals surface area contributed by atoms with Crippen LogP contribution < -0.4 is 0 Å². The molecule has 0 unspecified atom stereocenters. The molecule has 0 radical (unpaired) electrons. The van der Waals surface area contributed by atoms with E-state index in [9.17, 15) is 4.79 Å². The van der Waals surface area contributed by atoms with Gasteiger partial charge in [0.1, 0.15) is 6.61 Å². The van der Waals surface area contributed by atoms with Crippen molar-refractivity contribution in [3.63, 3.8) is 0 Å². The molecule has 0 rings (SSSR count). The number of carbonyl (C=O) groups excluding carboxylic acids is 1. The molecule has 10 heavy (non-hydrogen) atoms. The first kappa shape index (κ1) is 8.96. The van der Waals surface area contributed by atoms with E-state index in [0.29, 0.717) is 0 Å². The molecule has 0 amide bonds. The molecule has 0 aliphatic heterocycles. The topological polar surface area (TPSA) is 50.1 Å². The summed E-state index contributed by atoms with van der Waals surface area (Å²) in [5, 5.41) is 8.47. The Hall–Kier alpha value is -1.04. The molecular weight excluding hydrogens is 130 g/mol. The van der Waals surface area contributed by atoms with Gasteiger partial charge in [0.2, 0.25) is 0 Å². The average Bonchev–Trinajstić information content (AvgIpc) is 1.85. The zero-order valence-electron chi connectivity index (χ0n) is 6.47. The van der Waals surface area contributed by atoms with E-state index in [4.69, 9.17) is 5.26 Å². The lowest BCUT2D eigenvalue weighted by Crippen LogP contribution is -2.18. The SMILES string of the molecule is CC(=O)OCC(C)(C)C#N. The number of esters is 1. The van der Waals surface area contributed by atoms with Crippen molar-refractivity contribution in [3.05, 3.63) is 0 Å². The maximum absolute atomic E-state index is 10.3. The Morgan fingerprint density at radius 3 is 2.50 bits per heavy atom. The Morgan fingerprint density at radius 2 is 2.20 bits per heavy atom. The number of rotatable bonds is 2. The molecule has 0 aromatic carbocycles. The molecule has 3 nitrogen and oxygen atoms in total. The second-order valence-electron chi connectivity index (χ2n) is 2.78. The van der Waals surface area contributed by atoms with E-state index in [0.717, 1.165) is 0 Å². The van der Waals surface area contributed by atoms with Gasteiger partial charge in [-0.3, -0.25) is 4.79 Å². The summed E-state index contributed by atoms with van der Waals surface area (Å²) in [5.41, 5.74) is -0.564. The molecule has 3 heteroatoms. The first-order chi connectivity index (χ1) is 4.48. The van der Waals surface area contributed by atoms with Crippen LogP contribution in [0.2, 0.25) is 0 Å². The largest absolute Gasteiger partial charge is 0.464 e. The number of hydrogen-bond donors (Lipinski definition) is 0. The van der Waals surface area contributed by atoms with Crippen LogP contribution in [-0.4, -0.2) is 12.6 Å². The van der Waals surface area contributed by atoms with Crippen LogP contribution in [-0.2, 0) is 9.53 Å². The van der Waals surface area contributed by atoms with Gasteiger partial charge < -0.3 is 4.74 Å². The fourth-order valence-corrected chi connectivity index (χ4v) is 0.314. The number of nitriles is 1. The average molecular weight is 141 g/mol. The number of nitrogens with zero attached hydrogens (tertiary/aromatic N) is 1. The van der Waals surface area contributed by atoms with E-state index in [-0.39, 0.29) is 12.6 Å². The van der Waals surface area contributed by atoms with Crippen LogP contribution in [0.5, 0.6) is 0 Å². The number of ether oxygens (including phenoxy) is 1. The minimum absolute atomic E-state index is 0.166. The molecule has 0 aromatic rings. The van der Waals surface area contributed by atoms with Crippen LogP contribution in [0, 0.1) is 16.7 Å². The highest BCUT2D eigenvalue weighted by Crippen LogP contribution is 2.12. The van der Waals surface area contributed by atoms with Crippen molar-refractivity contribution in [1.82, 2.24) is 0 Å². The fourth-order valence-electron chi connectivity index (χ4n) is 0.314. The van der Waals surface area contributed by atoms with Crippen LogP contribution in [0.1, 0.15) is 20.8 Å². The predicted molar refractivity (Wildman–Crippen MR) is 36.0 cm³/mol. The molecule has 0 atom stereocenters. The first-order valence-corrected chi connectivity index (χ1v) is 3.02. The summed E-state index contributed by atoms with van der Waals surface area (Å²) in [6.45, 7) is 4.93. The Labute approximate surface area is 60.6 Å². The highest BCUT2D eigenvalue weighted by molar-refractivity contribution is 5.65. The second-order valence-corrected chi connectivity index (χ2v) is 2.78. The summed E-state index contributed by atoms with van der Waals surface area (Å²) >= 11 is 0. The van der Waals surface area contributed by atoms with Crippen molar-refractivity contribution in [2.75, 3.05) is 6.61 Å². The third kappa shape index (κ3) is 3.90. The molecule has 0 saturated heterocycles. The number of hydrogen-bond acceptors (Lipinski definition) is 3. The summed E-state index contributed by atoms with van der Waals surface area (Å²) in [4.78, 5) is 10.3. The molecular formula is C7H11NO2. The van der Waals surface area contributed by atoms with Gasteiger partial charge in [-0.05, 0) is 13.8 Å². The first-order valence-electron chi connectivity index (χ1n) is 3.02. The molecule has 0 aromatic heterocycles. The summed E-state index contributed by atoms with van der Waals surface area (Å²) in [5.74, 6) is -0.344.